The third-order valence-electron chi connectivity index (χ3n) is 6.76. The highest BCUT2D eigenvalue weighted by atomic mass is 16.3. The molecule has 182 valence electrons. The van der Waals surface area contributed by atoms with E-state index in [1.54, 1.807) is 60.5 Å². The Balaban J connectivity index is 1.64. The maximum atomic E-state index is 13.8. The topological polar surface area (TPSA) is 95.7 Å². The third kappa shape index (κ3) is 3.92. The number of hydrogen-bond donors (Lipinski definition) is 2. The normalized spacial score (nSPS) is 18.2. The summed E-state index contributed by atoms with van der Waals surface area (Å²) in [7, 11) is 0. The van der Waals surface area contributed by atoms with Crippen LogP contribution in [0.4, 0.5) is 5.69 Å². The number of benzene rings is 3. The highest BCUT2D eigenvalue weighted by Crippen LogP contribution is 2.46. The van der Waals surface area contributed by atoms with Crippen LogP contribution in [0.5, 0.6) is 0 Å². The van der Waals surface area contributed by atoms with Crippen molar-refractivity contribution in [3.63, 3.8) is 0 Å². The van der Waals surface area contributed by atoms with Gasteiger partial charge in [-0.05, 0) is 36.2 Å². The fourth-order valence-corrected chi connectivity index (χ4v) is 4.78. The molecule has 0 spiro atoms. The van der Waals surface area contributed by atoms with E-state index in [-0.39, 0.29) is 12.2 Å². The standard InChI is InChI=1S/C29H27N3O4/c1-20(9-7-8-16-33)29(36)25-17-23(32-27(34)24-13-6-5-12-22(24)18-30-32)14-15-26(25)31(28(29)35)19-21-10-3-2-4-11-21/h2-7,9-15,17-18,20,33,36H,8,16,19H2,1H3/b9-7+/t20-,29+/m1/s1. The first-order valence-electron chi connectivity index (χ1n) is 11.9. The second-order valence-electron chi connectivity index (χ2n) is 9.02. The number of carbonyl (C=O) groups is 1. The van der Waals surface area contributed by atoms with Gasteiger partial charge in [0.05, 0.1) is 29.5 Å². The van der Waals surface area contributed by atoms with Gasteiger partial charge in [0.2, 0.25) is 0 Å². The van der Waals surface area contributed by atoms with Gasteiger partial charge < -0.3 is 15.1 Å². The van der Waals surface area contributed by atoms with Crippen molar-refractivity contribution in [3.8, 4) is 5.69 Å². The third-order valence-corrected chi connectivity index (χ3v) is 6.76. The molecule has 2 N–H and O–H groups in total. The van der Waals surface area contributed by atoms with Gasteiger partial charge in [-0.1, -0.05) is 67.6 Å². The van der Waals surface area contributed by atoms with Crippen molar-refractivity contribution >= 4 is 22.4 Å². The number of aliphatic hydroxyl groups excluding tert-OH is 1. The summed E-state index contributed by atoms with van der Waals surface area (Å²) in [5, 5.41) is 26.7. The van der Waals surface area contributed by atoms with E-state index < -0.39 is 17.4 Å². The Labute approximate surface area is 208 Å². The van der Waals surface area contributed by atoms with Crippen molar-refractivity contribution in [2.45, 2.75) is 25.5 Å². The number of anilines is 1. The van der Waals surface area contributed by atoms with E-state index in [1.807, 2.05) is 42.5 Å². The maximum absolute atomic E-state index is 13.8. The molecule has 1 amide bonds. The van der Waals surface area contributed by atoms with Gasteiger partial charge in [-0.15, -0.1) is 0 Å². The molecule has 2 heterocycles. The van der Waals surface area contributed by atoms with Gasteiger partial charge >= 0.3 is 0 Å². The van der Waals surface area contributed by atoms with E-state index in [9.17, 15) is 14.7 Å². The minimum absolute atomic E-state index is 0.0208. The van der Waals surface area contributed by atoms with Crippen LogP contribution in [-0.2, 0) is 16.9 Å². The average Bonchev–Trinajstić information content (AvgIpc) is 3.12. The van der Waals surface area contributed by atoms with Gasteiger partial charge in [-0.3, -0.25) is 9.59 Å². The van der Waals surface area contributed by atoms with Crippen molar-refractivity contribution in [1.29, 1.82) is 0 Å². The van der Waals surface area contributed by atoms with E-state index in [4.69, 9.17) is 5.11 Å². The fourth-order valence-electron chi connectivity index (χ4n) is 4.78. The molecule has 2 atom stereocenters. The summed E-state index contributed by atoms with van der Waals surface area (Å²) in [5.41, 5.74) is 0.282. The van der Waals surface area contributed by atoms with Crippen LogP contribution < -0.4 is 10.5 Å². The molecule has 4 aromatic rings. The Hall–Kier alpha value is -4.07. The minimum atomic E-state index is -1.84. The first kappa shape index (κ1) is 23.7. The first-order chi connectivity index (χ1) is 17.4. The maximum Gasteiger partial charge on any atom is 0.279 e. The summed E-state index contributed by atoms with van der Waals surface area (Å²) in [6, 6.07) is 22.0. The van der Waals surface area contributed by atoms with Crippen molar-refractivity contribution in [2.24, 2.45) is 5.92 Å². The molecule has 1 aromatic heterocycles. The number of aromatic nitrogens is 2. The monoisotopic (exact) mass is 481 g/mol. The van der Waals surface area contributed by atoms with Crippen molar-refractivity contribution < 1.29 is 15.0 Å². The summed E-state index contributed by atoms with van der Waals surface area (Å²) < 4.78 is 1.29. The number of amides is 1. The summed E-state index contributed by atoms with van der Waals surface area (Å²) in [5.74, 6) is -1.01. The molecule has 7 nitrogen and oxygen atoms in total. The zero-order valence-corrected chi connectivity index (χ0v) is 19.9. The molecule has 1 aliphatic rings. The molecule has 0 saturated heterocycles. The lowest BCUT2D eigenvalue weighted by Crippen LogP contribution is -2.44. The lowest BCUT2D eigenvalue weighted by molar-refractivity contribution is -0.139. The second kappa shape index (κ2) is 9.53. The van der Waals surface area contributed by atoms with E-state index in [2.05, 4.69) is 5.10 Å². The van der Waals surface area contributed by atoms with Crippen LogP contribution in [0.3, 0.4) is 0 Å². The van der Waals surface area contributed by atoms with Crippen molar-refractivity contribution in [2.75, 3.05) is 11.5 Å². The molecule has 0 saturated carbocycles. The number of hydrogen-bond acceptors (Lipinski definition) is 5. The fraction of sp³-hybridized carbons (Fsp3) is 0.207. The van der Waals surface area contributed by atoms with Gasteiger partial charge in [0.15, 0.2) is 5.60 Å². The van der Waals surface area contributed by atoms with Crippen molar-refractivity contribution in [3.05, 3.63) is 113 Å². The molecule has 0 fully saturated rings. The van der Waals surface area contributed by atoms with Crippen LogP contribution in [0.2, 0.25) is 0 Å². The van der Waals surface area contributed by atoms with Gasteiger partial charge in [-0.2, -0.15) is 9.78 Å². The number of nitrogens with zero attached hydrogens (tertiary/aromatic N) is 3. The SMILES string of the molecule is C[C@H](/C=C/CCO)[C@@]1(O)C(=O)N(Cc2ccccc2)c2ccc(-n3ncc4ccccc4c3=O)cc21. The van der Waals surface area contributed by atoms with Crippen molar-refractivity contribution in [1.82, 2.24) is 9.78 Å². The number of fused-ring (bicyclic) bond motifs is 2. The largest absolute Gasteiger partial charge is 0.396 e. The average molecular weight is 482 g/mol. The Morgan fingerprint density at radius 1 is 1.03 bits per heavy atom. The lowest BCUT2D eigenvalue weighted by atomic mass is 9.82. The molecule has 5 rings (SSSR count). The van der Waals surface area contributed by atoms with E-state index >= 15 is 0 Å². The van der Waals surface area contributed by atoms with E-state index in [1.165, 1.54) is 4.68 Å². The number of rotatable bonds is 7. The molecule has 7 heteroatoms. The molecule has 0 unspecified atom stereocenters. The van der Waals surface area contributed by atoms with Crippen LogP contribution >= 0.6 is 0 Å². The highest BCUT2D eigenvalue weighted by Gasteiger charge is 2.52. The van der Waals surface area contributed by atoms with Crippen LogP contribution in [0.15, 0.2) is 95.9 Å². The Morgan fingerprint density at radius 2 is 1.78 bits per heavy atom. The summed E-state index contributed by atoms with van der Waals surface area (Å²) >= 11 is 0. The van der Waals surface area contributed by atoms with Crippen LogP contribution in [-0.4, -0.2) is 32.5 Å². The minimum Gasteiger partial charge on any atom is -0.396 e. The Bertz CT molecular complexity index is 1510. The van der Waals surface area contributed by atoms with Gasteiger partial charge in [-0.25, -0.2) is 0 Å². The molecule has 0 radical (unpaired) electrons. The smallest absolute Gasteiger partial charge is 0.279 e. The quantitative estimate of drug-likeness (QED) is 0.393. The zero-order valence-electron chi connectivity index (χ0n) is 19.9. The highest BCUT2D eigenvalue weighted by molar-refractivity contribution is 6.07. The zero-order chi connectivity index (χ0) is 25.3. The molecule has 0 aliphatic carbocycles. The summed E-state index contributed by atoms with van der Waals surface area (Å²) in [4.78, 5) is 28.5. The molecule has 36 heavy (non-hydrogen) atoms. The predicted octanol–water partition coefficient (Wildman–Crippen LogP) is 3.69. The Kier molecular flexibility index (Phi) is 6.26. The molecule has 3 aromatic carbocycles. The summed E-state index contributed by atoms with van der Waals surface area (Å²) in [6.07, 6.45) is 5.56. The van der Waals surface area contributed by atoms with E-state index in [0.29, 0.717) is 35.3 Å². The molecule has 0 bridgehead atoms. The number of aliphatic hydroxyl groups is 2. The van der Waals surface area contributed by atoms with Crippen LogP contribution in [0.25, 0.3) is 16.5 Å². The van der Waals surface area contributed by atoms with E-state index in [0.717, 1.165) is 10.9 Å². The number of carbonyl (C=O) groups excluding carboxylic acids is 1. The van der Waals surface area contributed by atoms with Crippen LogP contribution in [0, 0.1) is 5.92 Å². The Morgan fingerprint density at radius 3 is 2.56 bits per heavy atom. The van der Waals surface area contributed by atoms with Gasteiger partial charge in [0.25, 0.3) is 11.5 Å². The lowest BCUT2D eigenvalue weighted by Gasteiger charge is -2.28. The van der Waals surface area contributed by atoms with Gasteiger partial charge in [0, 0.05) is 23.5 Å². The van der Waals surface area contributed by atoms with Crippen LogP contribution in [0.1, 0.15) is 24.5 Å². The first-order valence-corrected chi connectivity index (χ1v) is 11.9. The summed E-state index contributed by atoms with van der Waals surface area (Å²) in [6.45, 7) is 2.05. The molecule has 1 aliphatic heterocycles. The molecular weight excluding hydrogens is 454 g/mol. The van der Waals surface area contributed by atoms with Gasteiger partial charge in [0.1, 0.15) is 0 Å². The molecular formula is C29H27N3O4. The second-order valence-corrected chi connectivity index (χ2v) is 9.02. The predicted molar refractivity (Wildman–Crippen MR) is 139 cm³/mol.